The van der Waals surface area contributed by atoms with Crippen molar-refractivity contribution in [2.45, 2.75) is 63.9 Å². The highest BCUT2D eigenvalue weighted by Gasteiger charge is 2.13. The first-order chi connectivity index (χ1) is 5.93. The zero-order chi connectivity index (χ0) is 8.65. The minimum absolute atomic E-state index is 0. The Morgan fingerprint density at radius 3 is 2.38 bits per heavy atom. The Bertz CT molecular complexity index is 100. The first kappa shape index (κ1) is 13.7. The predicted molar refractivity (Wildman–Crippen MR) is 66.8 cm³/mol. The van der Waals surface area contributed by atoms with Gasteiger partial charge in [-0.3, -0.25) is 0 Å². The van der Waals surface area contributed by atoms with Gasteiger partial charge in [0.25, 0.3) is 0 Å². The Labute approximate surface area is 91.5 Å². The summed E-state index contributed by atoms with van der Waals surface area (Å²) < 4.78 is 0. The van der Waals surface area contributed by atoms with Crippen molar-refractivity contribution in [3.63, 3.8) is 0 Å². The second-order valence-electron chi connectivity index (χ2n) is 4.00. The number of rotatable bonds is 6. The predicted octanol–water partition coefficient (Wildman–Crippen LogP) is 4.61. The van der Waals surface area contributed by atoms with Gasteiger partial charge in [0.2, 0.25) is 0 Å². The molecule has 0 amide bonds. The van der Waals surface area contributed by atoms with Crippen LogP contribution in [0.25, 0.3) is 0 Å². The molecule has 0 aromatic heterocycles. The molecule has 1 rings (SSSR count). The Kier molecular flexibility index (Phi) is 9.80. The summed E-state index contributed by atoms with van der Waals surface area (Å²) >= 11 is 0. The van der Waals surface area contributed by atoms with Crippen molar-refractivity contribution in [3.05, 3.63) is 0 Å². The topological polar surface area (TPSA) is 0 Å². The van der Waals surface area contributed by atoms with Gasteiger partial charge in [0.1, 0.15) is 0 Å². The molecule has 0 saturated heterocycles. The number of unbranched alkanes of at least 4 members (excludes halogenated alkanes) is 3. The van der Waals surface area contributed by atoms with Crippen molar-refractivity contribution < 1.29 is 0 Å². The molecule has 0 radical (unpaired) electrons. The smallest absolute Gasteiger partial charge is 0.0237 e. The molecule has 0 bridgehead atoms. The van der Waals surface area contributed by atoms with E-state index in [9.17, 15) is 0 Å². The van der Waals surface area contributed by atoms with Gasteiger partial charge in [-0.1, -0.05) is 39.0 Å². The lowest BCUT2D eigenvalue weighted by Gasteiger charge is -2.07. The molecule has 80 valence electrons. The molecule has 1 fully saturated rings. The fourth-order valence-electron chi connectivity index (χ4n) is 1.99. The third-order valence-corrected chi connectivity index (χ3v) is 4.62. The van der Waals surface area contributed by atoms with E-state index in [1.165, 1.54) is 53.3 Å². The standard InChI is InChI=1S/C11H23P.ClH/c1-2-3-4-7-10-12-11-8-5-6-9-11;/h11-12H,2-10H2,1H3;1H. The Balaban J connectivity index is 0.00000144. The quantitative estimate of drug-likeness (QED) is 0.455. The van der Waals surface area contributed by atoms with E-state index in [1.54, 1.807) is 12.8 Å². The molecular weight excluding hydrogens is 199 g/mol. The van der Waals surface area contributed by atoms with Gasteiger partial charge in [-0.15, -0.1) is 21.0 Å². The first-order valence-corrected chi connectivity index (χ1v) is 6.95. The lowest BCUT2D eigenvalue weighted by molar-refractivity contribution is 0.704. The van der Waals surface area contributed by atoms with Crippen molar-refractivity contribution in [1.82, 2.24) is 0 Å². The van der Waals surface area contributed by atoms with Crippen LogP contribution in [0.1, 0.15) is 58.3 Å². The summed E-state index contributed by atoms with van der Waals surface area (Å²) in [7, 11) is 1.30. The minimum atomic E-state index is 0. The first-order valence-electron chi connectivity index (χ1n) is 5.67. The second-order valence-corrected chi connectivity index (χ2v) is 5.72. The largest absolute Gasteiger partial charge is 0.147 e. The van der Waals surface area contributed by atoms with Crippen LogP contribution in [0.3, 0.4) is 0 Å². The molecule has 1 aliphatic rings. The van der Waals surface area contributed by atoms with Crippen molar-refractivity contribution in [1.29, 1.82) is 0 Å². The summed E-state index contributed by atoms with van der Waals surface area (Å²) in [6, 6.07) is 0. The number of hydrogen-bond donors (Lipinski definition) is 0. The number of hydrogen-bond acceptors (Lipinski definition) is 0. The molecule has 1 unspecified atom stereocenters. The van der Waals surface area contributed by atoms with Crippen LogP contribution in [0.2, 0.25) is 0 Å². The summed E-state index contributed by atoms with van der Waals surface area (Å²) in [5, 5.41) is 0. The Hall–Kier alpha value is 0.720. The molecule has 1 saturated carbocycles. The monoisotopic (exact) mass is 222 g/mol. The molecular formula is C11H24ClP. The van der Waals surface area contributed by atoms with Crippen LogP contribution in [0.5, 0.6) is 0 Å². The van der Waals surface area contributed by atoms with E-state index in [-0.39, 0.29) is 12.4 Å². The summed E-state index contributed by atoms with van der Waals surface area (Å²) in [6.45, 7) is 2.29. The second kappa shape index (κ2) is 9.28. The maximum absolute atomic E-state index is 2.29. The summed E-state index contributed by atoms with van der Waals surface area (Å²) in [5.41, 5.74) is 1.15. The third-order valence-electron chi connectivity index (χ3n) is 2.82. The molecule has 0 aliphatic heterocycles. The average molecular weight is 223 g/mol. The molecule has 0 aromatic rings. The van der Waals surface area contributed by atoms with Gasteiger partial charge in [0, 0.05) is 0 Å². The SMILES string of the molecule is CCCCCCPC1CCCC1.Cl. The highest BCUT2D eigenvalue weighted by molar-refractivity contribution is 7.38. The minimum Gasteiger partial charge on any atom is -0.147 e. The van der Waals surface area contributed by atoms with Gasteiger partial charge in [-0.05, 0) is 31.1 Å². The fraction of sp³-hybridized carbons (Fsp3) is 1.00. The molecule has 1 atom stereocenters. The fourth-order valence-corrected chi connectivity index (χ4v) is 3.67. The zero-order valence-corrected chi connectivity index (χ0v) is 10.7. The molecule has 0 aromatic carbocycles. The maximum atomic E-state index is 2.29. The lowest BCUT2D eigenvalue weighted by atomic mass is 10.2. The van der Waals surface area contributed by atoms with E-state index in [0.717, 1.165) is 5.66 Å². The molecule has 0 N–H and O–H groups in total. The van der Waals surface area contributed by atoms with Crippen LogP contribution in [0, 0.1) is 0 Å². The summed E-state index contributed by atoms with van der Waals surface area (Å²) in [5.74, 6) is 0. The maximum Gasteiger partial charge on any atom is -0.0237 e. The molecule has 1 aliphatic carbocycles. The van der Waals surface area contributed by atoms with E-state index >= 15 is 0 Å². The Morgan fingerprint density at radius 2 is 1.77 bits per heavy atom. The van der Waals surface area contributed by atoms with Crippen LogP contribution in [0.15, 0.2) is 0 Å². The summed E-state index contributed by atoms with van der Waals surface area (Å²) in [4.78, 5) is 0. The average Bonchev–Trinajstić information content (AvgIpc) is 2.57. The lowest BCUT2D eigenvalue weighted by Crippen LogP contribution is -1.92. The van der Waals surface area contributed by atoms with Crippen molar-refractivity contribution in [2.75, 3.05) is 6.16 Å². The van der Waals surface area contributed by atoms with Crippen LogP contribution in [-0.4, -0.2) is 11.8 Å². The van der Waals surface area contributed by atoms with Gasteiger partial charge >= 0.3 is 0 Å². The third kappa shape index (κ3) is 6.75. The van der Waals surface area contributed by atoms with E-state index in [0.29, 0.717) is 0 Å². The highest BCUT2D eigenvalue weighted by Crippen LogP contribution is 2.34. The van der Waals surface area contributed by atoms with Crippen molar-refractivity contribution >= 4 is 21.0 Å². The molecule has 13 heavy (non-hydrogen) atoms. The van der Waals surface area contributed by atoms with Gasteiger partial charge in [-0.25, -0.2) is 0 Å². The van der Waals surface area contributed by atoms with Crippen LogP contribution in [0.4, 0.5) is 0 Å². The Morgan fingerprint density at radius 1 is 1.08 bits per heavy atom. The van der Waals surface area contributed by atoms with Crippen molar-refractivity contribution in [2.24, 2.45) is 0 Å². The molecule has 0 spiro atoms. The molecule has 2 heteroatoms. The summed E-state index contributed by atoms with van der Waals surface area (Å²) in [6.07, 6.45) is 13.5. The van der Waals surface area contributed by atoms with Crippen LogP contribution >= 0.6 is 21.0 Å². The van der Waals surface area contributed by atoms with Gasteiger partial charge < -0.3 is 0 Å². The van der Waals surface area contributed by atoms with Crippen LogP contribution < -0.4 is 0 Å². The van der Waals surface area contributed by atoms with Gasteiger partial charge in [0.15, 0.2) is 0 Å². The molecule has 0 heterocycles. The van der Waals surface area contributed by atoms with Crippen molar-refractivity contribution in [3.8, 4) is 0 Å². The molecule has 0 nitrogen and oxygen atoms in total. The van der Waals surface area contributed by atoms with E-state index in [1.807, 2.05) is 0 Å². The van der Waals surface area contributed by atoms with E-state index in [4.69, 9.17) is 0 Å². The normalized spacial score (nSPS) is 18.2. The van der Waals surface area contributed by atoms with Crippen LogP contribution in [-0.2, 0) is 0 Å². The van der Waals surface area contributed by atoms with Gasteiger partial charge in [0.05, 0.1) is 0 Å². The van der Waals surface area contributed by atoms with Gasteiger partial charge in [-0.2, -0.15) is 0 Å². The van der Waals surface area contributed by atoms with E-state index < -0.39 is 0 Å². The zero-order valence-electron chi connectivity index (χ0n) is 8.85. The van der Waals surface area contributed by atoms with E-state index in [2.05, 4.69) is 6.92 Å². The number of halogens is 1. The highest BCUT2D eigenvalue weighted by atomic mass is 35.5.